The summed E-state index contributed by atoms with van der Waals surface area (Å²) in [5.74, 6) is 5.79. The molecular formula is C16H28O. The summed E-state index contributed by atoms with van der Waals surface area (Å²) in [6.07, 6.45) is 8.10. The van der Waals surface area contributed by atoms with Gasteiger partial charge in [0, 0.05) is 0 Å². The lowest BCUT2D eigenvalue weighted by Gasteiger charge is -2.54. The van der Waals surface area contributed by atoms with E-state index in [1.807, 2.05) is 0 Å². The van der Waals surface area contributed by atoms with Gasteiger partial charge in [0.25, 0.3) is 0 Å². The average Bonchev–Trinajstić information content (AvgIpc) is 2.26. The first-order valence-corrected chi connectivity index (χ1v) is 7.75. The Bertz CT molecular complexity index is 243. The monoisotopic (exact) mass is 236 g/mol. The van der Waals surface area contributed by atoms with Crippen LogP contribution in [0.3, 0.4) is 0 Å². The zero-order valence-electron chi connectivity index (χ0n) is 11.7. The minimum atomic E-state index is 0.437. The molecule has 0 aromatic heterocycles. The van der Waals surface area contributed by atoms with Gasteiger partial charge in [0.2, 0.25) is 0 Å². The second-order valence-corrected chi connectivity index (χ2v) is 7.38. The summed E-state index contributed by atoms with van der Waals surface area (Å²) in [4.78, 5) is 0. The largest absolute Gasteiger partial charge is 0.378 e. The highest BCUT2D eigenvalue weighted by molar-refractivity contribution is 4.98. The van der Waals surface area contributed by atoms with Crippen molar-refractivity contribution >= 4 is 0 Å². The molecule has 0 aromatic rings. The summed E-state index contributed by atoms with van der Waals surface area (Å²) in [5.41, 5.74) is 0. The fourth-order valence-electron chi connectivity index (χ4n) is 4.77. The summed E-state index contributed by atoms with van der Waals surface area (Å²) in [6.45, 7) is 7.82. The molecule has 0 spiro atoms. The van der Waals surface area contributed by atoms with Gasteiger partial charge in [-0.05, 0) is 74.5 Å². The van der Waals surface area contributed by atoms with Crippen LogP contribution in [0, 0.1) is 35.5 Å². The predicted octanol–water partition coefficient (Wildman–Crippen LogP) is 4.12. The van der Waals surface area contributed by atoms with E-state index in [2.05, 4.69) is 20.8 Å². The molecule has 0 N–H and O–H groups in total. The molecule has 1 atom stereocenters. The third kappa shape index (κ3) is 2.28. The molecule has 98 valence electrons. The van der Waals surface area contributed by atoms with E-state index in [1.54, 1.807) is 6.42 Å². The van der Waals surface area contributed by atoms with Crippen LogP contribution in [0.5, 0.6) is 0 Å². The Morgan fingerprint density at radius 1 is 0.882 bits per heavy atom. The van der Waals surface area contributed by atoms with Crippen LogP contribution in [0.25, 0.3) is 0 Å². The lowest BCUT2D eigenvalue weighted by molar-refractivity contribution is -0.0894. The minimum Gasteiger partial charge on any atom is -0.378 e. The SMILES string of the molecule is CC(C)C(C)OCC1C2CC3CC(C2)CC1C3. The van der Waals surface area contributed by atoms with Crippen molar-refractivity contribution in [3.8, 4) is 0 Å². The molecule has 4 bridgehead atoms. The zero-order chi connectivity index (χ0) is 12.0. The number of hydrogen-bond donors (Lipinski definition) is 0. The van der Waals surface area contributed by atoms with E-state index in [9.17, 15) is 0 Å². The zero-order valence-corrected chi connectivity index (χ0v) is 11.7. The molecule has 0 heterocycles. The molecule has 1 unspecified atom stereocenters. The van der Waals surface area contributed by atoms with Crippen LogP contribution in [0.1, 0.15) is 52.9 Å². The van der Waals surface area contributed by atoms with Crippen LogP contribution in [0.2, 0.25) is 0 Å². The normalized spacial score (nSPS) is 45.5. The van der Waals surface area contributed by atoms with E-state index in [0.29, 0.717) is 12.0 Å². The molecule has 0 saturated heterocycles. The maximum Gasteiger partial charge on any atom is 0.0570 e. The third-order valence-corrected chi connectivity index (χ3v) is 5.91. The van der Waals surface area contributed by atoms with E-state index >= 15 is 0 Å². The van der Waals surface area contributed by atoms with Gasteiger partial charge in [-0.15, -0.1) is 0 Å². The maximum absolute atomic E-state index is 6.13. The Morgan fingerprint density at radius 3 is 1.88 bits per heavy atom. The first-order chi connectivity index (χ1) is 8.13. The van der Waals surface area contributed by atoms with Crippen molar-refractivity contribution in [3.63, 3.8) is 0 Å². The molecule has 1 nitrogen and oxygen atoms in total. The Balaban J connectivity index is 1.57. The molecular weight excluding hydrogens is 208 g/mol. The van der Waals surface area contributed by atoms with Gasteiger partial charge in [-0.2, -0.15) is 0 Å². The van der Waals surface area contributed by atoms with Gasteiger partial charge in [0.15, 0.2) is 0 Å². The van der Waals surface area contributed by atoms with Gasteiger partial charge >= 0.3 is 0 Å². The van der Waals surface area contributed by atoms with Crippen molar-refractivity contribution in [2.75, 3.05) is 6.61 Å². The predicted molar refractivity (Wildman–Crippen MR) is 70.8 cm³/mol. The second-order valence-electron chi connectivity index (χ2n) is 7.38. The van der Waals surface area contributed by atoms with Gasteiger partial charge in [-0.3, -0.25) is 0 Å². The standard InChI is InChI=1S/C16H28O/c1-10(2)11(3)17-9-16-14-5-12-4-13(7-14)8-15(16)6-12/h10-16H,4-9H2,1-3H3. The van der Waals surface area contributed by atoms with Crippen LogP contribution in [-0.4, -0.2) is 12.7 Å². The van der Waals surface area contributed by atoms with Crippen LogP contribution in [-0.2, 0) is 4.74 Å². The van der Waals surface area contributed by atoms with Gasteiger partial charge < -0.3 is 4.74 Å². The molecule has 0 aliphatic heterocycles. The van der Waals surface area contributed by atoms with Crippen LogP contribution < -0.4 is 0 Å². The number of ether oxygens (including phenoxy) is 1. The van der Waals surface area contributed by atoms with E-state index in [1.165, 1.54) is 25.7 Å². The van der Waals surface area contributed by atoms with Gasteiger partial charge in [0.05, 0.1) is 12.7 Å². The van der Waals surface area contributed by atoms with E-state index in [4.69, 9.17) is 4.74 Å². The highest BCUT2D eigenvalue weighted by Gasteiger charge is 2.48. The molecule has 4 rings (SSSR count). The molecule has 4 aliphatic rings. The maximum atomic E-state index is 6.13. The minimum absolute atomic E-state index is 0.437. The molecule has 1 heteroatoms. The summed E-state index contributed by atoms with van der Waals surface area (Å²) in [5, 5.41) is 0. The fraction of sp³-hybridized carbons (Fsp3) is 1.00. The summed E-state index contributed by atoms with van der Waals surface area (Å²) >= 11 is 0. The Kier molecular flexibility index (Phi) is 3.23. The Hall–Kier alpha value is -0.0400. The highest BCUT2D eigenvalue weighted by Crippen LogP contribution is 2.56. The molecule has 4 fully saturated rings. The lowest BCUT2D eigenvalue weighted by Crippen LogP contribution is -2.47. The Labute approximate surface area is 106 Å². The summed E-state index contributed by atoms with van der Waals surface area (Å²) in [7, 11) is 0. The quantitative estimate of drug-likeness (QED) is 0.713. The highest BCUT2D eigenvalue weighted by atomic mass is 16.5. The van der Waals surface area contributed by atoms with Gasteiger partial charge in [-0.1, -0.05) is 13.8 Å². The molecule has 0 radical (unpaired) electrons. The fourth-order valence-corrected chi connectivity index (χ4v) is 4.77. The molecule has 4 saturated carbocycles. The third-order valence-electron chi connectivity index (χ3n) is 5.91. The van der Waals surface area contributed by atoms with E-state index in [0.717, 1.165) is 36.2 Å². The average molecular weight is 236 g/mol. The van der Waals surface area contributed by atoms with Crippen LogP contribution in [0.4, 0.5) is 0 Å². The van der Waals surface area contributed by atoms with Crippen molar-refractivity contribution in [1.82, 2.24) is 0 Å². The molecule has 17 heavy (non-hydrogen) atoms. The number of hydrogen-bond acceptors (Lipinski definition) is 1. The molecule has 0 amide bonds. The summed E-state index contributed by atoms with van der Waals surface area (Å²) in [6, 6.07) is 0. The number of rotatable bonds is 4. The van der Waals surface area contributed by atoms with Crippen molar-refractivity contribution in [1.29, 1.82) is 0 Å². The van der Waals surface area contributed by atoms with E-state index < -0.39 is 0 Å². The van der Waals surface area contributed by atoms with E-state index in [-0.39, 0.29) is 0 Å². The lowest BCUT2D eigenvalue weighted by atomic mass is 9.52. The van der Waals surface area contributed by atoms with Gasteiger partial charge in [-0.25, -0.2) is 0 Å². The topological polar surface area (TPSA) is 9.23 Å². The first kappa shape index (κ1) is 12.0. The van der Waals surface area contributed by atoms with Crippen molar-refractivity contribution in [3.05, 3.63) is 0 Å². The van der Waals surface area contributed by atoms with Crippen LogP contribution in [0.15, 0.2) is 0 Å². The van der Waals surface area contributed by atoms with Gasteiger partial charge in [0.1, 0.15) is 0 Å². The van der Waals surface area contributed by atoms with Crippen molar-refractivity contribution in [2.24, 2.45) is 35.5 Å². The smallest absolute Gasteiger partial charge is 0.0570 e. The Morgan fingerprint density at radius 2 is 1.41 bits per heavy atom. The van der Waals surface area contributed by atoms with Crippen molar-refractivity contribution < 1.29 is 4.74 Å². The summed E-state index contributed by atoms with van der Waals surface area (Å²) < 4.78 is 6.13. The first-order valence-electron chi connectivity index (χ1n) is 7.75. The molecule has 4 aliphatic carbocycles. The van der Waals surface area contributed by atoms with Crippen molar-refractivity contribution in [2.45, 2.75) is 59.0 Å². The second kappa shape index (κ2) is 4.57. The van der Waals surface area contributed by atoms with Crippen LogP contribution >= 0.6 is 0 Å². The molecule has 0 aromatic carbocycles.